The van der Waals surface area contributed by atoms with E-state index in [9.17, 15) is 4.79 Å². The minimum atomic E-state index is -0.0563. The summed E-state index contributed by atoms with van der Waals surface area (Å²) in [4.78, 5) is 26.7. The number of carbonyl (C=O) groups excluding carboxylic acids is 1. The molecule has 28 heavy (non-hydrogen) atoms. The van der Waals surface area contributed by atoms with Crippen molar-refractivity contribution in [3.63, 3.8) is 0 Å². The predicted octanol–water partition coefficient (Wildman–Crippen LogP) is 3.63. The number of carbonyl (C=O) groups is 1. The minimum absolute atomic E-state index is 0.0563. The van der Waals surface area contributed by atoms with Gasteiger partial charge in [0, 0.05) is 48.4 Å². The van der Waals surface area contributed by atoms with Crippen LogP contribution in [0.15, 0.2) is 0 Å². The van der Waals surface area contributed by atoms with Crippen LogP contribution in [0.1, 0.15) is 69.4 Å². The molecule has 4 aliphatic rings. The van der Waals surface area contributed by atoms with Crippen molar-refractivity contribution in [1.82, 2.24) is 14.8 Å². The zero-order valence-electron chi connectivity index (χ0n) is 17.6. The largest absolute Gasteiger partial charge is 0.340 e. The maximum atomic E-state index is 13.0. The molecule has 5 nitrogen and oxygen atoms in total. The third kappa shape index (κ3) is 3.26. The second-order valence-corrected chi connectivity index (χ2v) is 11.3. The van der Waals surface area contributed by atoms with Crippen LogP contribution in [0.3, 0.4) is 0 Å². The number of aromatic nitrogens is 1. The number of fused-ring (bicyclic) bond motifs is 3. The van der Waals surface area contributed by atoms with Crippen molar-refractivity contribution in [2.75, 3.05) is 31.6 Å². The van der Waals surface area contributed by atoms with Gasteiger partial charge in [-0.3, -0.25) is 4.79 Å². The molecule has 1 amide bonds. The second-order valence-electron chi connectivity index (χ2n) is 10.3. The molecule has 3 aliphatic heterocycles. The molecule has 4 heterocycles. The van der Waals surface area contributed by atoms with Gasteiger partial charge in [0.2, 0.25) is 5.91 Å². The predicted molar refractivity (Wildman–Crippen MR) is 114 cm³/mol. The molecular weight excluding hydrogens is 368 g/mol. The number of hydrogen-bond acceptors (Lipinski definition) is 5. The molecule has 0 aromatic carbocycles. The average molecular weight is 403 g/mol. The number of likely N-dealkylation sites (tertiary alicyclic amines) is 1. The summed E-state index contributed by atoms with van der Waals surface area (Å²) in [5.74, 6) is 0.982. The maximum absolute atomic E-state index is 13.0. The lowest BCUT2D eigenvalue weighted by Crippen LogP contribution is -2.52. The molecule has 5 rings (SSSR count). The second kappa shape index (κ2) is 6.98. The molecular formula is C22H34N4OS. The van der Waals surface area contributed by atoms with Crippen molar-refractivity contribution in [2.45, 2.75) is 82.8 Å². The van der Waals surface area contributed by atoms with Crippen LogP contribution in [0, 0.1) is 5.92 Å². The maximum Gasteiger partial charge on any atom is 0.223 e. The van der Waals surface area contributed by atoms with E-state index in [0.29, 0.717) is 23.9 Å². The van der Waals surface area contributed by atoms with E-state index in [2.05, 4.69) is 35.6 Å². The van der Waals surface area contributed by atoms with Crippen molar-refractivity contribution in [3.05, 3.63) is 10.6 Å². The Balaban J connectivity index is 1.36. The van der Waals surface area contributed by atoms with E-state index in [0.717, 1.165) is 32.6 Å². The summed E-state index contributed by atoms with van der Waals surface area (Å²) in [6, 6.07) is 1.22. The van der Waals surface area contributed by atoms with Crippen LogP contribution in [-0.4, -0.2) is 59.5 Å². The summed E-state index contributed by atoms with van der Waals surface area (Å²) in [6.45, 7) is 8.41. The number of thiazole rings is 1. The Kier molecular flexibility index (Phi) is 4.70. The van der Waals surface area contributed by atoms with Gasteiger partial charge in [0.15, 0.2) is 5.13 Å². The number of anilines is 1. The molecule has 0 radical (unpaired) electrons. The molecule has 1 saturated carbocycles. The van der Waals surface area contributed by atoms with E-state index < -0.39 is 0 Å². The molecule has 2 saturated heterocycles. The lowest BCUT2D eigenvalue weighted by molar-refractivity contribution is -0.134. The fourth-order valence-corrected chi connectivity index (χ4v) is 7.46. The van der Waals surface area contributed by atoms with Crippen LogP contribution < -0.4 is 4.90 Å². The molecule has 1 aliphatic carbocycles. The molecule has 2 atom stereocenters. The van der Waals surface area contributed by atoms with Gasteiger partial charge in [-0.25, -0.2) is 4.98 Å². The summed E-state index contributed by atoms with van der Waals surface area (Å²) < 4.78 is 0. The summed E-state index contributed by atoms with van der Waals surface area (Å²) in [7, 11) is 2.24. The highest BCUT2D eigenvalue weighted by molar-refractivity contribution is 7.15. The highest BCUT2D eigenvalue weighted by Crippen LogP contribution is 2.43. The van der Waals surface area contributed by atoms with Gasteiger partial charge >= 0.3 is 0 Å². The summed E-state index contributed by atoms with van der Waals surface area (Å²) >= 11 is 1.86. The van der Waals surface area contributed by atoms with Gasteiger partial charge in [-0.2, -0.15) is 0 Å². The third-order valence-corrected chi connectivity index (χ3v) is 8.48. The monoisotopic (exact) mass is 402 g/mol. The van der Waals surface area contributed by atoms with Crippen LogP contribution in [-0.2, 0) is 16.8 Å². The van der Waals surface area contributed by atoms with E-state index in [4.69, 9.17) is 4.98 Å². The van der Waals surface area contributed by atoms with Gasteiger partial charge < -0.3 is 14.7 Å². The average Bonchev–Trinajstić information content (AvgIpc) is 3.33. The number of likely N-dealkylation sites (N-methyl/N-ethyl adjacent to an activating group) is 1. The molecule has 3 fully saturated rings. The van der Waals surface area contributed by atoms with Crippen LogP contribution in [0.2, 0.25) is 0 Å². The Morgan fingerprint density at radius 2 is 1.82 bits per heavy atom. The van der Waals surface area contributed by atoms with E-state index in [1.165, 1.54) is 54.2 Å². The molecule has 0 N–H and O–H groups in total. The Bertz CT molecular complexity index is 740. The van der Waals surface area contributed by atoms with Gasteiger partial charge in [0.1, 0.15) is 0 Å². The van der Waals surface area contributed by atoms with Crippen molar-refractivity contribution in [1.29, 1.82) is 0 Å². The number of piperazine rings is 1. The first-order valence-electron chi connectivity index (χ1n) is 11.2. The summed E-state index contributed by atoms with van der Waals surface area (Å²) in [5, 5.41) is 1.21. The van der Waals surface area contributed by atoms with Crippen LogP contribution in [0.25, 0.3) is 0 Å². The van der Waals surface area contributed by atoms with Crippen molar-refractivity contribution >= 4 is 22.4 Å². The number of rotatable bonds is 3. The lowest BCUT2D eigenvalue weighted by atomic mass is 9.84. The number of amides is 1. The van der Waals surface area contributed by atoms with Crippen molar-refractivity contribution in [3.8, 4) is 0 Å². The SMILES string of the molecule is CN1CC2CCC(C1)N2c1nc2c(s1)CN(C(=O)CC1CCCC1)CC2(C)C. The first-order chi connectivity index (χ1) is 13.4. The van der Waals surface area contributed by atoms with Crippen LogP contribution in [0.5, 0.6) is 0 Å². The Labute approximate surface area is 173 Å². The minimum Gasteiger partial charge on any atom is -0.340 e. The van der Waals surface area contributed by atoms with Crippen molar-refractivity contribution in [2.24, 2.45) is 5.92 Å². The summed E-state index contributed by atoms with van der Waals surface area (Å²) in [5.41, 5.74) is 1.19. The topological polar surface area (TPSA) is 39.7 Å². The summed E-state index contributed by atoms with van der Waals surface area (Å²) in [6.07, 6.45) is 8.41. The zero-order valence-corrected chi connectivity index (χ0v) is 18.4. The smallest absolute Gasteiger partial charge is 0.223 e. The van der Waals surface area contributed by atoms with E-state index >= 15 is 0 Å². The fraction of sp³-hybridized carbons (Fsp3) is 0.818. The standard InChI is InChI=1S/C22H34N4OS/c1-22(2)14-25(19(27)10-15-6-4-5-7-15)13-18-20(22)23-21(28-18)26-16-8-9-17(26)12-24(3)11-16/h15-17H,4-14H2,1-3H3. The molecule has 1 aromatic rings. The van der Waals surface area contributed by atoms with Gasteiger partial charge in [-0.05, 0) is 38.6 Å². The first kappa shape index (κ1) is 18.9. The molecule has 1 aromatic heterocycles. The lowest BCUT2D eigenvalue weighted by Gasteiger charge is -2.39. The first-order valence-corrected chi connectivity index (χ1v) is 12.0. The molecule has 2 unspecified atom stereocenters. The Morgan fingerprint density at radius 1 is 1.14 bits per heavy atom. The Morgan fingerprint density at radius 3 is 2.50 bits per heavy atom. The van der Waals surface area contributed by atoms with Gasteiger partial charge in [0.05, 0.1) is 12.2 Å². The van der Waals surface area contributed by atoms with Crippen LogP contribution >= 0.6 is 11.3 Å². The van der Waals surface area contributed by atoms with E-state index in [-0.39, 0.29) is 5.41 Å². The molecule has 2 bridgehead atoms. The zero-order chi connectivity index (χ0) is 19.5. The third-order valence-electron chi connectivity index (χ3n) is 7.42. The molecule has 6 heteroatoms. The molecule has 154 valence electrons. The van der Waals surface area contributed by atoms with Crippen molar-refractivity contribution < 1.29 is 4.79 Å². The quantitative estimate of drug-likeness (QED) is 0.774. The fourth-order valence-electron chi connectivity index (χ4n) is 6.06. The van der Waals surface area contributed by atoms with Crippen LogP contribution in [0.4, 0.5) is 5.13 Å². The van der Waals surface area contributed by atoms with E-state index in [1.54, 1.807) is 0 Å². The van der Waals surface area contributed by atoms with Gasteiger partial charge in [-0.15, -0.1) is 0 Å². The Hall–Kier alpha value is -1.14. The molecule has 0 spiro atoms. The highest BCUT2D eigenvalue weighted by Gasteiger charge is 2.43. The number of nitrogens with zero attached hydrogens (tertiary/aromatic N) is 4. The normalized spacial score (nSPS) is 30.1. The number of hydrogen-bond donors (Lipinski definition) is 0. The highest BCUT2D eigenvalue weighted by atomic mass is 32.1. The van der Waals surface area contributed by atoms with Gasteiger partial charge in [-0.1, -0.05) is 38.0 Å². The van der Waals surface area contributed by atoms with Gasteiger partial charge in [0.25, 0.3) is 0 Å². The van der Waals surface area contributed by atoms with E-state index in [1.807, 2.05) is 11.3 Å².